The molecule has 0 radical (unpaired) electrons. The van der Waals surface area contributed by atoms with Crippen LogP contribution in [0.3, 0.4) is 0 Å². The van der Waals surface area contributed by atoms with E-state index in [0.29, 0.717) is 34.5 Å². The van der Waals surface area contributed by atoms with Crippen molar-refractivity contribution in [2.24, 2.45) is 4.99 Å². The smallest absolute Gasteiger partial charge is 0.228 e. The van der Waals surface area contributed by atoms with Crippen LogP contribution in [-0.4, -0.2) is 46.7 Å². The van der Waals surface area contributed by atoms with Crippen LogP contribution in [0.4, 0.5) is 0 Å². The molecule has 6 nitrogen and oxygen atoms in total. The number of rotatable bonds is 6. The third-order valence-corrected chi connectivity index (χ3v) is 6.15. The van der Waals surface area contributed by atoms with Crippen LogP contribution in [0.15, 0.2) is 33.8 Å². The van der Waals surface area contributed by atoms with Gasteiger partial charge in [0.1, 0.15) is 0 Å². The lowest BCUT2D eigenvalue weighted by molar-refractivity contribution is 0.378. The largest absolute Gasteiger partial charge is 0.356 e. The number of hydrogen-bond acceptors (Lipinski definition) is 5. The minimum Gasteiger partial charge on any atom is -0.356 e. The van der Waals surface area contributed by atoms with Crippen LogP contribution in [0.5, 0.6) is 0 Å². The molecule has 0 amide bonds. The molecule has 8 heteroatoms. The molecule has 1 fully saturated rings. The number of benzene rings is 1. The molecule has 3 rings (SSSR count). The van der Waals surface area contributed by atoms with E-state index in [1.807, 2.05) is 36.0 Å². The van der Waals surface area contributed by atoms with Crippen LogP contribution in [-0.2, 0) is 6.42 Å². The molecule has 1 aromatic heterocycles. The van der Waals surface area contributed by atoms with E-state index >= 15 is 0 Å². The molecule has 1 unspecified atom stereocenters. The maximum Gasteiger partial charge on any atom is 0.228 e. The molecule has 0 bridgehead atoms. The molecule has 26 heavy (non-hydrogen) atoms. The van der Waals surface area contributed by atoms with Crippen LogP contribution in [0, 0.1) is 0 Å². The van der Waals surface area contributed by atoms with Crippen LogP contribution in [0.1, 0.15) is 25.7 Å². The van der Waals surface area contributed by atoms with Crippen molar-refractivity contribution in [1.29, 1.82) is 0 Å². The Morgan fingerprint density at radius 3 is 2.85 bits per heavy atom. The lowest BCUT2D eigenvalue weighted by Gasteiger charge is -2.24. The van der Waals surface area contributed by atoms with E-state index in [1.54, 1.807) is 7.05 Å². The summed E-state index contributed by atoms with van der Waals surface area (Å²) in [6, 6.07) is 7.38. The molecule has 2 heterocycles. The Balaban J connectivity index is 1.46. The summed E-state index contributed by atoms with van der Waals surface area (Å²) in [4.78, 5) is 8.71. The third-order valence-electron chi connectivity index (χ3n) is 4.36. The van der Waals surface area contributed by atoms with Gasteiger partial charge < -0.3 is 15.2 Å². The van der Waals surface area contributed by atoms with Gasteiger partial charge in [-0.2, -0.15) is 16.7 Å². The monoisotopic (exact) mass is 393 g/mol. The van der Waals surface area contributed by atoms with Crippen LogP contribution in [0.2, 0.25) is 5.02 Å². The second kappa shape index (κ2) is 8.77. The summed E-state index contributed by atoms with van der Waals surface area (Å²) < 4.78 is 5.63. The fourth-order valence-electron chi connectivity index (χ4n) is 2.83. The Labute approximate surface area is 163 Å². The SMILES string of the molecule is CN=C(NCCc1nc(-c2ccc(Cl)cc2)no1)NCC1(C)CCCS1. The van der Waals surface area contributed by atoms with Gasteiger partial charge in [-0.1, -0.05) is 16.8 Å². The van der Waals surface area contributed by atoms with E-state index in [1.165, 1.54) is 18.6 Å². The zero-order valence-corrected chi connectivity index (χ0v) is 16.7. The summed E-state index contributed by atoms with van der Waals surface area (Å²) in [6.07, 6.45) is 3.17. The van der Waals surface area contributed by atoms with Crippen LogP contribution >= 0.6 is 23.4 Å². The highest BCUT2D eigenvalue weighted by Gasteiger charge is 2.29. The van der Waals surface area contributed by atoms with Gasteiger partial charge in [0.05, 0.1) is 0 Å². The van der Waals surface area contributed by atoms with E-state index in [2.05, 4.69) is 32.7 Å². The Bertz CT molecular complexity index is 740. The highest BCUT2D eigenvalue weighted by atomic mass is 35.5. The van der Waals surface area contributed by atoms with Crippen LogP contribution < -0.4 is 10.6 Å². The Morgan fingerprint density at radius 1 is 1.35 bits per heavy atom. The van der Waals surface area contributed by atoms with E-state index in [4.69, 9.17) is 16.1 Å². The van der Waals surface area contributed by atoms with Crippen molar-refractivity contribution in [3.63, 3.8) is 0 Å². The summed E-state index contributed by atoms with van der Waals surface area (Å²) in [5.41, 5.74) is 0.886. The first-order chi connectivity index (χ1) is 12.6. The number of halogens is 1. The highest BCUT2D eigenvalue weighted by molar-refractivity contribution is 8.00. The molecular weight excluding hydrogens is 370 g/mol. The summed E-state index contributed by atoms with van der Waals surface area (Å²) >= 11 is 7.93. The normalized spacial score (nSPS) is 20.3. The zero-order chi connectivity index (χ0) is 18.4. The topological polar surface area (TPSA) is 75.3 Å². The number of hydrogen-bond donors (Lipinski definition) is 2. The minimum atomic E-state index is 0.303. The second-order valence-corrected chi connectivity index (χ2v) is 8.64. The second-order valence-electron chi connectivity index (χ2n) is 6.52. The van der Waals surface area contributed by atoms with Gasteiger partial charge in [-0.15, -0.1) is 0 Å². The van der Waals surface area contributed by atoms with Crippen molar-refractivity contribution in [3.8, 4) is 11.4 Å². The van der Waals surface area contributed by atoms with Gasteiger partial charge in [-0.05, 0) is 49.8 Å². The third kappa shape index (κ3) is 5.14. The molecule has 1 atom stereocenters. The molecule has 1 saturated heterocycles. The van der Waals surface area contributed by atoms with Crippen molar-refractivity contribution < 1.29 is 4.52 Å². The molecule has 1 aliphatic rings. The lowest BCUT2D eigenvalue weighted by atomic mass is 10.1. The van der Waals surface area contributed by atoms with Gasteiger partial charge in [-0.25, -0.2) is 0 Å². The average molecular weight is 394 g/mol. The molecule has 2 aromatic rings. The molecule has 0 saturated carbocycles. The Morgan fingerprint density at radius 2 is 2.15 bits per heavy atom. The summed E-state index contributed by atoms with van der Waals surface area (Å²) in [5.74, 6) is 3.22. The van der Waals surface area contributed by atoms with Gasteiger partial charge in [0.15, 0.2) is 5.96 Å². The Kier molecular flexibility index (Phi) is 6.43. The van der Waals surface area contributed by atoms with Crippen molar-refractivity contribution in [3.05, 3.63) is 35.2 Å². The molecular formula is C18H24ClN5OS. The highest BCUT2D eigenvalue weighted by Crippen LogP contribution is 2.36. The summed E-state index contributed by atoms with van der Waals surface area (Å²) in [7, 11) is 1.78. The maximum absolute atomic E-state index is 5.90. The first-order valence-corrected chi connectivity index (χ1v) is 10.1. The number of nitrogens with zero attached hydrogens (tertiary/aromatic N) is 3. The first kappa shape index (κ1) is 19.0. The molecule has 1 aliphatic heterocycles. The lowest BCUT2D eigenvalue weighted by Crippen LogP contribution is -2.44. The molecule has 0 aliphatic carbocycles. The van der Waals surface area contributed by atoms with Crippen molar-refractivity contribution >= 4 is 29.3 Å². The van der Waals surface area contributed by atoms with E-state index in [0.717, 1.165) is 18.1 Å². The number of thioether (sulfide) groups is 1. The fraction of sp³-hybridized carbons (Fsp3) is 0.500. The van der Waals surface area contributed by atoms with Gasteiger partial charge in [0.25, 0.3) is 0 Å². The van der Waals surface area contributed by atoms with Crippen molar-refractivity contribution in [2.45, 2.75) is 30.9 Å². The summed E-state index contributed by atoms with van der Waals surface area (Å²) in [5, 5.41) is 11.4. The molecule has 1 aromatic carbocycles. The quantitative estimate of drug-likeness (QED) is 0.578. The molecule has 2 N–H and O–H groups in total. The Hall–Kier alpha value is -1.73. The predicted molar refractivity (Wildman–Crippen MR) is 108 cm³/mol. The van der Waals surface area contributed by atoms with Crippen molar-refractivity contribution in [1.82, 2.24) is 20.8 Å². The molecule has 140 valence electrons. The van der Waals surface area contributed by atoms with Gasteiger partial charge in [0, 0.05) is 41.9 Å². The maximum atomic E-state index is 5.90. The number of nitrogens with one attached hydrogen (secondary N) is 2. The number of aromatic nitrogens is 2. The van der Waals surface area contributed by atoms with E-state index < -0.39 is 0 Å². The van der Waals surface area contributed by atoms with Gasteiger partial charge in [-0.3, -0.25) is 4.99 Å². The first-order valence-electron chi connectivity index (χ1n) is 8.75. The summed E-state index contributed by atoms with van der Waals surface area (Å²) in [6.45, 7) is 3.89. The van der Waals surface area contributed by atoms with Crippen molar-refractivity contribution in [2.75, 3.05) is 25.9 Å². The minimum absolute atomic E-state index is 0.303. The zero-order valence-electron chi connectivity index (χ0n) is 15.1. The van der Waals surface area contributed by atoms with E-state index in [9.17, 15) is 0 Å². The average Bonchev–Trinajstić information content (AvgIpc) is 3.28. The number of aliphatic imine (C=N–C) groups is 1. The predicted octanol–water partition coefficient (Wildman–Crippen LogP) is 3.38. The van der Waals surface area contributed by atoms with E-state index in [-0.39, 0.29) is 0 Å². The van der Waals surface area contributed by atoms with Gasteiger partial charge >= 0.3 is 0 Å². The standard InChI is InChI=1S/C18H24ClN5OS/c1-18(9-3-11-26-18)12-22-17(20-2)21-10-8-15-23-16(24-25-15)13-4-6-14(19)7-5-13/h4-7H,3,8-12H2,1-2H3,(H2,20,21,22). The van der Waals surface area contributed by atoms with Gasteiger partial charge in [0.2, 0.25) is 11.7 Å². The number of guanidine groups is 1. The fourth-order valence-corrected chi connectivity index (χ4v) is 4.20. The van der Waals surface area contributed by atoms with Crippen LogP contribution in [0.25, 0.3) is 11.4 Å². The molecule has 0 spiro atoms.